The van der Waals surface area contributed by atoms with E-state index in [2.05, 4.69) is 25.6 Å². The summed E-state index contributed by atoms with van der Waals surface area (Å²) < 4.78 is 136. The van der Waals surface area contributed by atoms with Gasteiger partial charge in [-0.25, -0.2) is 19.0 Å². The Morgan fingerprint density at radius 2 is 2.22 bits per heavy atom. The zero-order valence-corrected chi connectivity index (χ0v) is 19.8. The zero-order valence-electron chi connectivity index (χ0n) is 33.0. The standard InChI is InChI=1S/C24H31FN6O4S/c1-3-8-36-24-27-22(26-16-10-14(16)13-5-4-12(2)15(25)9-13)19-23(28-24)31(30-29-19)17-11-18(35-7-6-32)21(34)20(17)33/h4-5,9,14,16-18,20-21,32-34H,3,6-8,10-11H2,1-2H3,(H,26,27,28)/t14-,16+,17+,18-,20-,21+/m0/s1/i4D,5D,6D2,8D2,9D,11D2,16D,17D,18D,20D,21D. The second-order valence-corrected chi connectivity index (χ2v) is 8.57. The number of nitrogens with zero attached hydrogens (tertiary/aromatic N) is 5. The van der Waals surface area contributed by atoms with Crippen molar-refractivity contribution >= 4 is 28.7 Å². The molecule has 12 heteroatoms. The Bertz CT molecular complexity index is 1860. The fourth-order valence-corrected chi connectivity index (χ4v) is 3.93. The van der Waals surface area contributed by atoms with Gasteiger partial charge in [0.25, 0.3) is 0 Å². The summed E-state index contributed by atoms with van der Waals surface area (Å²) in [5.74, 6) is -2.53. The van der Waals surface area contributed by atoms with Crippen LogP contribution in [-0.4, -0.2) is 83.4 Å². The van der Waals surface area contributed by atoms with Crippen LogP contribution in [0.3, 0.4) is 0 Å². The predicted octanol–water partition coefficient (Wildman–Crippen LogP) is 2.18. The Morgan fingerprint density at radius 1 is 1.39 bits per heavy atom. The Labute approximate surface area is 232 Å². The molecule has 194 valence electrons. The third kappa shape index (κ3) is 4.92. The number of hydrogen-bond acceptors (Lipinski definition) is 10. The highest BCUT2D eigenvalue weighted by Crippen LogP contribution is 2.44. The van der Waals surface area contributed by atoms with Gasteiger partial charge < -0.3 is 25.4 Å². The summed E-state index contributed by atoms with van der Waals surface area (Å²) in [7, 11) is 0. The molecule has 0 unspecified atom stereocenters. The number of rotatable bonds is 10. The van der Waals surface area contributed by atoms with Crippen molar-refractivity contribution in [2.24, 2.45) is 0 Å². The maximum absolute atomic E-state index is 14.8. The van der Waals surface area contributed by atoms with Crippen molar-refractivity contribution < 1.29 is 43.6 Å². The van der Waals surface area contributed by atoms with Crippen LogP contribution >= 0.6 is 11.8 Å². The van der Waals surface area contributed by atoms with E-state index in [1.807, 2.05) is 0 Å². The van der Waals surface area contributed by atoms with E-state index < -0.39 is 108 Å². The summed E-state index contributed by atoms with van der Waals surface area (Å²) in [4.78, 5) is 8.32. The van der Waals surface area contributed by atoms with Crippen LogP contribution in [0.1, 0.15) is 68.4 Å². The second kappa shape index (κ2) is 10.5. The Kier molecular flexibility index (Phi) is 3.93. The van der Waals surface area contributed by atoms with Crippen LogP contribution in [-0.2, 0) is 4.74 Å². The van der Waals surface area contributed by atoms with Gasteiger partial charge in [-0.3, -0.25) is 0 Å². The molecule has 2 heterocycles. The van der Waals surface area contributed by atoms with Crippen molar-refractivity contribution in [3.63, 3.8) is 0 Å². The van der Waals surface area contributed by atoms with E-state index in [0.717, 1.165) is 0 Å². The maximum atomic E-state index is 14.8. The maximum Gasteiger partial charge on any atom is 0.191 e. The molecule has 0 bridgehead atoms. The fraction of sp³-hybridized carbons (Fsp3) is 0.583. The van der Waals surface area contributed by atoms with Crippen molar-refractivity contribution in [3.05, 3.63) is 35.1 Å². The van der Waals surface area contributed by atoms with Gasteiger partial charge in [-0.1, -0.05) is 36.0 Å². The number of aromatic nitrogens is 5. The van der Waals surface area contributed by atoms with Crippen LogP contribution in [0.15, 0.2) is 23.3 Å². The Hall–Kier alpha value is -2.38. The lowest BCUT2D eigenvalue weighted by molar-refractivity contribution is -0.0629. The molecule has 1 aromatic carbocycles. The minimum atomic E-state index is -4.10. The van der Waals surface area contributed by atoms with Crippen molar-refractivity contribution in [1.82, 2.24) is 25.0 Å². The van der Waals surface area contributed by atoms with Gasteiger partial charge >= 0.3 is 0 Å². The molecule has 0 aliphatic heterocycles. The van der Waals surface area contributed by atoms with E-state index in [4.69, 9.17) is 23.9 Å². The van der Waals surface area contributed by atoms with Gasteiger partial charge in [0.15, 0.2) is 22.1 Å². The van der Waals surface area contributed by atoms with Crippen LogP contribution in [0.2, 0.25) is 0 Å². The third-order valence-electron chi connectivity index (χ3n) is 5.25. The van der Waals surface area contributed by atoms with Crippen LogP contribution in [0.5, 0.6) is 0 Å². The zero-order chi connectivity index (χ0) is 38.0. The summed E-state index contributed by atoms with van der Waals surface area (Å²) in [6.07, 6.45) is -16.2. The van der Waals surface area contributed by atoms with Crippen molar-refractivity contribution in [2.45, 2.75) is 74.4 Å². The lowest BCUT2D eigenvalue weighted by Gasteiger charge is -2.17. The van der Waals surface area contributed by atoms with Gasteiger partial charge in [-0.2, -0.15) is 0 Å². The predicted molar refractivity (Wildman–Crippen MR) is 133 cm³/mol. The van der Waals surface area contributed by atoms with Crippen LogP contribution in [0.25, 0.3) is 11.2 Å². The molecule has 0 spiro atoms. The molecule has 2 fully saturated rings. The number of benzene rings is 1. The highest BCUT2D eigenvalue weighted by Gasteiger charge is 2.45. The molecule has 2 aromatic heterocycles. The molecule has 3 aromatic rings. The van der Waals surface area contributed by atoms with Crippen LogP contribution in [0, 0.1) is 12.7 Å². The number of ether oxygens (including phenoxy) is 1. The highest BCUT2D eigenvalue weighted by molar-refractivity contribution is 7.99. The van der Waals surface area contributed by atoms with Crippen LogP contribution in [0.4, 0.5) is 10.2 Å². The number of anilines is 1. The smallest absolute Gasteiger partial charge is 0.191 e. The minimum Gasteiger partial charge on any atom is -0.394 e. The topological polar surface area (TPSA) is 138 Å². The summed E-state index contributed by atoms with van der Waals surface area (Å²) >= 11 is 0.417. The van der Waals surface area contributed by atoms with E-state index in [-0.39, 0.29) is 28.7 Å². The molecule has 10 nitrogen and oxygen atoms in total. The number of halogens is 1. The molecule has 2 aliphatic rings. The largest absolute Gasteiger partial charge is 0.394 e. The number of fused-ring (bicyclic) bond motifs is 1. The summed E-state index contributed by atoms with van der Waals surface area (Å²) in [5.41, 5.74) is -3.77. The molecule has 2 saturated carbocycles. The lowest BCUT2D eigenvalue weighted by atomic mass is 10.1. The first-order valence-corrected chi connectivity index (χ1v) is 11.5. The number of aliphatic hydroxyl groups is 3. The molecule has 0 amide bonds. The normalized spacial score (nSPS) is 45.7. The molecule has 0 saturated heterocycles. The molecule has 0 radical (unpaired) electrons. The van der Waals surface area contributed by atoms with E-state index >= 15 is 0 Å². The van der Waals surface area contributed by atoms with Gasteiger partial charge in [0.2, 0.25) is 0 Å². The summed E-state index contributed by atoms with van der Waals surface area (Å²) in [5, 5.41) is 41.4. The molecule has 4 N–H and O–H groups in total. The SMILES string of the molecule is [2H]c1c([2H])c([C@@H]2C[C@@]2([2H])Nc2nc(SC([2H])([2H])CC)nc3c2nnn3[C@]2([2H])C([2H])([2H])[C@]([2H])(OCC([2H])([2H])O)[C@@]([2H])(O)[C@@]2([2H])O)c([2H])c(F)c1C. The number of nitrogens with one attached hydrogen (secondary N) is 1. The lowest BCUT2D eigenvalue weighted by Crippen LogP contribution is -2.33. The quantitative estimate of drug-likeness (QED) is 0.227. The van der Waals surface area contributed by atoms with Gasteiger partial charge in [0.05, 0.1) is 39.0 Å². The first-order chi connectivity index (χ1) is 22.6. The highest BCUT2D eigenvalue weighted by atomic mass is 32.2. The second-order valence-electron chi connectivity index (χ2n) is 7.71. The number of thioether (sulfide) groups is 1. The Balaban J connectivity index is 1.69. The average Bonchev–Trinajstić information content (AvgIpc) is 3.42. The molecule has 5 rings (SSSR count). The van der Waals surface area contributed by atoms with Crippen molar-refractivity contribution in [2.75, 3.05) is 24.2 Å². The summed E-state index contributed by atoms with van der Waals surface area (Å²) in [6, 6.07) is -7.31. The first-order valence-electron chi connectivity index (χ1n) is 17.7. The van der Waals surface area contributed by atoms with Gasteiger partial charge in [0.1, 0.15) is 18.0 Å². The van der Waals surface area contributed by atoms with Gasteiger partial charge in [-0.15, -0.1) is 5.10 Å². The third-order valence-corrected chi connectivity index (χ3v) is 6.04. The van der Waals surface area contributed by atoms with E-state index in [9.17, 15) is 19.7 Å². The molecule has 6 atom stereocenters. The first kappa shape index (κ1) is 13.4. The molecular formula is C24H31FN6O4S. The molecule has 2 aliphatic carbocycles. The average molecular weight is 533 g/mol. The Morgan fingerprint density at radius 3 is 3.00 bits per heavy atom. The van der Waals surface area contributed by atoms with E-state index in [0.29, 0.717) is 11.8 Å². The summed E-state index contributed by atoms with van der Waals surface area (Å²) in [6.45, 7) is -2.08. The van der Waals surface area contributed by atoms with Gasteiger partial charge in [0, 0.05) is 29.5 Å². The monoisotopic (exact) mass is 532 g/mol. The van der Waals surface area contributed by atoms with E-state index in [1.54, 1.807) is 0 Å². The molecule has 36 heavy (non-hydrogen) atoms. The fourth-order valence-electron chi connectivity index (χ4n) is 3.38. The number of hydrogen-bond donors (Lipinski definition) is 4. The minimum absolute atomic E-state index is 0.100. The van der Waals surface area contributed by atoms with Gasteiger partial charge in [-0.05, 0) is 36.9 Å². The van der Waals surface area contributed by atoms with Crippen molar-refractivity contribution in [3.8, 4) is 0 Å². The van der Waals surface area contributed by atoms with Crippen LogP contribution < -0.4 is 5.32 Å². The van der Waals surface area contributed by atoms with E-state index in [1.165, 1.54) is 13.8 Å². The molecular weight excluding hydrogens is 487 g/mol. The van der Waals surface area contributed by atoms with Crippen molar-refractivity contribution in [1.29, 1.82) is 0 Å².